The average Bonchev–Trinajstić information content (AvgIpc) is 2.58. The van der Waals surface area contributed by atoms with E-state index in [4.69, 9.17) is 11.6 Å². The molecule has 0 saturated carbocycles. The minimum absolute atomic E-state index is 0.317. The lowest BCUT2D eigenvalue weighted by atomic mass is 10.1. The molecule has 0 aliphatic carbocycles. The van der Waals surface area contributed by atoms with E-state index < -0.39 is 0 Å². The number of nitrogens with zero attached hydrogens (tertiary/aromatic N) is 3. The molecule has 3 nitrogen and oxygen atoms in total. The van der Waals surface area contributed by atoms with Crippen LogP contribution in [0.1, 0.15) is 38.4 Å². The second-order valence-corrected chi connectivity index (χ2v) is 4.38. The normalized spacial score (nSPS) is 11.6. The maximum absolute atomic E-state index is 5.86. The maximum Gasteiger partial charge on any atom is 0.224 e. The molecule has 0 unspecified atom stereocenters. The third-order valence-corrected chi connectivity index (χ3v) is 3.23. The smallest absolute Gasteiger partial charge is 0.224 e. The van der Waals surface area contributed by atoms with Gasteiger partial charge in [0, 0.05) is 23.3 Å². The summed E-state index contributed by atoms with van der Waals surface area (Å²) in [6.45, 7) is 6.50. The molecule has 0 saturated heterocycles. The molecule has 0 amide bonds. The number of aromatic nitrogens is 3. The molecule has 2 rings (SSSR count). The highest BCUT2D eigenvalue weighted by molar-refractivity contribution is 6.28. The highest BCUT2D eigenvalue weighted by atomic mass is 35.5. The van der Waals surface area contributed by atoms with E-state index in [1.54, 1.807) is 6.20 Å². The first-order valence-corrected chi connectivity index (χ1v) is 6.05. The van der Waals surface area contributed by atoms with Gasteiger partial charge in [0.2, 0.25) is 5.28 Å². The van der Waals surface area contributed by atoms with Crippen molar-refractivity contribution in [2.45, 2.75) is 39.7 Å². The summed E-state index contributed by atoms with van der Waals surface area (Å²) in [5.41, 5.74) is 2.17. The van der Waals surface area contributed by atoms with E-state index in [-0.39, 0.29) is 0 Å². The van der Waals surface area contributed by atoms with Gasteiger partial charge in [-0.25, -0.2) is 4.98 Å². The fourth-order valence-corrected chi connectivity index (χ4v) is 2.36. The van der Waals surface area contributed by atoms with Gasteiger partial charge in [0.15, 0.2) is 0 Å². The molecular formula is C12H16ClN3. The van der Waals surface area contributed by atoms with Gasteiger partial charge in [-0.15, -0.1) is 0 Å². The molecule has 0 radical (unpaired) electrons. The molecule has 0 spiro atoms. The molecule has 0 bridgehead atoms. The molecule has 0 atom stereocenters. The van der Waals surface area contributed by atoms with Gasteiger partial charge in [0.25, 0.3) is 0 Å². The van der Waals surface area contributed by atoms with Crippen LogP contribution in [0.3, 0.4) is 0 Å². The quantitative estimate of drug-likeness (QED) is 0.762. The van der Waals surface area contributed by atoms with Crippen molar-refractivity contribution in [2.75, 3.05) is 0 Å². The molecule has 0 aliphatic rings. The zero-order chi connectivity index (χ0) is 11.7. The number of aryl methyl sites for hydroxylation is 1. The van der Waals surface area contributed by atoms with Crippen LogP contribution >= 0.6 is 11.6 Å². The SMILES string of the molecule is CCC(CC)n1c(C)cc2cnc(Cl)nc21. The maximum atomic E-state index is 5.86. The molecule has 2 heterocycles. The molecule has 86 valence electrons. The second kappa shape index (κ2) is 4.42. The van der Waals surface area contributed by atoms with Crippen molar-refractivity contribution in [3.8, 4) is 0 Å². The zero-order valence-electron chi connectivity index (χ0n) is 9.87. The molecule has 0 aromatic carbocycles. The summed E-state index contributed by atoms with van der Waals surface area (Å²) in [6.07, 6.45) is 3.99. The third kappa shape index (κ3) is 1.80. The van der Waals surface area contributed by atoms with E-state index in [0.717, 1.165) is 23.9 Å². The first-order valence-electron chi connectivity index (χ1n) is 5.67. The molecule has 4 heteroatoms. The Labute approximate surface area is 100 Å². The highest BCUT2D eigenvalue weighted by Gasteiger charge is 2.14. The van der Waals surface area contributed by atoms with Gasteiger partial charge < -0.3 is 4.57 Å². The van der Waals surface area contributed by atoms with Gasteiger partial charge in [-0.05, 0) is 37.4 Å². The first-order chi connectivity index (χ1) is 7.67. The first kappa shape index (κ1) is 11.4. The van der Waals surface area contributed by atoms with Gasteiger partial charge >= 0.3 is 0 Å². The Hall–Kier alpha value is -1.09. The van der Waals surface area contributed by atoms with Crippen LogP contribution in [-0.2, 0) is 0 Å². The summed E-state index contributed by atoms with van der Waals surface area (Å²) < 4.78 is 2.27. The molecule has 16 heavy (non-hydrogen) atoms. The summed E-state index contributed by atoms with van der Waals surface area (Å²) in [7, 11) is 0. The van der Waals surface area contributed by atoms with Gasteiger partial charge in [-0.3, -0.25) is 0 Å². The van der Waals surface area contributed by atoms with Crippen LogP contribution in [0.4, 0.5) is 0 Å². The second-order valence-electron chi connectivity index (χ2n) is 4.04. The topological polar surface area (TPSA) is 30.7 Å². The minimum Gasteiger partial charge on any atom is -0.327 e. The van der Waals surface area contributed by atoms with Crippen LogP contribution in [0.15, 0.2) is 12.3 Å². The Kier molecular flexibility index (Phi) is 3.15. The number of fused-ring (bicyclic) bond motifs is 1. The minimum atomic E-state index is 0.317. The monoisotopic (exact) mass is 237 g/mol. The van der Waals surface area contributed by atoms with Gasteiger partial charge in [-0.1, -0.05) is 13.8 Å². The van der Waals surface area contributed by atoms with E-state index in [0.29, 0.717) is 11.3 Å². The van der Waals surface area contributed by atoms with Crippen LogP contribution in [0.2, 0.25) is 5.28 Å². The lowest BCUT2D eigenvalue weighted by Crippen LogP contribution is -2.09. The van der Waals surface area contributed by atoms with Crippen molar-refractivity contribution in [3.63, 3.8) is 0 Å². The van der Waals surface area contributed by atoms with Crippen molar-refractivity contribution in [1.82, 2.24) is 14.5 Å². The standard InChI is InChI=1S/C12H16ClN3/c1-4-10(5-2)16-8(3)6-9-7-14-12(13)15-11(9)16/h6-7,10H,4-5H2,1-3H3. The lowest BCUT2D eigenvalue weighted by Gasteiger charge is -2.17. The number of hydrogen-bond donors (Lipinski definition) is 0. The van der Waals surface area contributed by atoms with Gasteiger partial charge in [-0.2, -0.15) is 4.98 Å². The Morgan fingerprint density at radius 2 is 2.06 bits per heavy atom. The molecular weight excluding hydrogens is 222 g/mol. The predicted octanol–water partition coefficient (Wildman–Crippen LogP) is 3.75. The van der Waals surface area contributed by atoms with E-state index in [1.165, 1.54) is 5.69 Å². The van der Waals surface area contributed by atoms with Gasteiger partial charge in [0.1, 0.15) is 5.65 Å². The number of halogens is 1. The molecule has 0 N–H and O–H groups in total. The van der Waals surface area contributed by atoms with Crippen LogP contribution < -0.4 is 0 Å². The summed E-state index contributed by atoms with van der Waals surface area (Å²) in [5.74, 6) is 0. The summed E-state index contributed by atoms with van der Waals surface area (Å²) in [5, 5.41) is 1.38. The van der Waals surface area contributed by atoms with Crippen molar-refractivity contribution in [3.05, 3.63) is 23.2 Å². The van der Waals surface area contributed by atoms with Crippen molar-refractivity contribution in [2.24, 2.45) is 0 Å². The van der Waals surface area contributed by atoms with Gasteiger partial charge in [0.05, 0.1) is 0 Å². The number of rotatable bonds is 3. The van der Waals surface area contributed by atoms with Crippen LogP contribution in [0.5, 0.6) is 0 Å². The van der Waals surface area contributed by atoms with Crippen LogP contribution in [-0.4, -0.2) is 14.5 Å². The predicted molar refractivity (Wildman–Crippen MR) is 66.9 cm³/mol. The summed E-state index contributed by atoms with van der Waals surface area (Å²) in [4.78, 5) is 8.34. The molecule has 2 aromatic rings. The largest absolute Gasteiger partial charge is 0.327 e. The molecule has 2 aromatic heterocycles. The van der Waals surface area contributed by atoms with E-state index in [2.05, 4.69) is 41.4 Å². The lowest BCUT2D eigenvalue weighted by molar-refractivity contribution is 0.475. The summed E-state index contributed by atoms with van der Waals surface area (Å²) in [6, 6.07) is 2.60. The molecule has 0 fully saturated rings. The average molecular weight is 238 g/mol. The van der Waals surface area contributed by atoms with Crippen molar-refractivity contribution in [1.29, 1.82) is 0 Å². The van der Waals surface area contributed by atoms with Crippen LogP contribution in [0.25, 0.3) is 11.0 Å². The highest BCUT2D eigenvalue weighted by Crippen LogP contribution is 2.26. The summed E-state index contributed by atoms with van der Waals surface area (Å²) >= 11 is 5.86. The fourth-order valence-electron chi connectivity index (χ4n) is 2.23. The molecule has 0 aliphatic heterocycles. The van der Waals surface area contributed by atoms with Crippen molar-refractivity contribution >= 4 is 22.6 Å². The Morgan fingerprint density at radius 1 is 1.38 bits per heavy atom. The van der Waals surface area contributed by atoms with Crippen molar-refractivity contribution < 1.29 is 0 Å². The van der Waals surface area contributed by atoms with E-state index in [1.807, 2.05) is 0 Å². The Bertz CT molecular complexity index is 500. The van der Waals surface area contributed by atoms with Crippen LogP contribution in [0, 0.1) is 6.92 Å². The van der Waals surface area contributed by atoms with E-state index >= 15 is 0 Å². The van der Waals surface area contributed by atoms with E-state index in [9.17, 15) is 0 Å². The zero-order valence-corrected chi connectivity index (χ0v) is 10.6. The Morgan fingerprint density at radius 3 is 2.69 bits per heavy atom. The number of hydrogen-bond acceptors (Lipinski definition) is 2. The fraction of sp³-hybridized carbons (Fsp3) is 0.500. The third-order valence-electron chi connectivity index (χ3n) is 3.05. The Balaban J connectivity index is 2.66.